The predicted octanol–water partition coefficient (Wildman–Crippen LogP) is 4.39. The molecule has 0 unspecified atom stereocenters. The van der Waals surface area contributed by atoms with E-state index in [1.54, 1.807) is 0 Å². The molecule has 0 radical (unpaired) electrons. The summed E-state index contributed by atoms with van der Waals surface area (Å²) in [7, 11) is 0. The van der Waals surface area contributed by atoms with Gasteiger partial charge in [0.15, 0.2) is 0 Å². The first-order chi connectivity index (χ1) is 5.54. The minimum Gasteiger partial charge on any atom is -0.0654 e. The smallest absolute Gasteiger partial charge is 0.0316 e. The Kier molecular flexibility index (Phi) is 2.85. The van der Waals surface area contributed by atoms with Crippen molar-refractivity contribution in [3.8, 4) is 0 Å². The molecule has 0 aromatic rings. The van der Waals surface area contributed by atoms with Gasteiger partial charge < -0.3 is 0 Å². The van der Waals surface area contributed by atoms with Gasteiger partial charge in [-0.05, 0) is 36.5 Å². The summed E-state index contributed by atoms with van der Waals surface area (Å²) in [5.74, 6) is 0. The second kappa shape index (κ2) is 3.40. The summed E-state index contributed by atoms with van der Waals surface area (Å²) in [6.45, 7) is 9.54. The van der Waals surface area contributed by atoms with Crippen molar-refractivity contribution >= 4 is 0 Å². The molecule has 0 atom stereocenters. The van der Waals surface area contributed by atoms with Crippen LogP contribution in [0.1, 0.15) is 66.2 Å². The fourth-order valence-corrected chi connectivity index (χ4v) is 3.57. The van der Waals surface area contributed by atoms with Gasteiger partial charge in [0.25, 0.3) is 0 Å². The van der Waals surface area contributed by atoms with Gasteiger partial charge in [-0.25, -0.2) is 0 Å². The molecule has 72 valence electrons. The number of rotatable bonds is 4. The van der Waals surface area contributed by atoms with E-state index in [0.717, 1.165) is 0 Å². The summed E-state index contributed by atoms with van der Waals surface area (Å²) in [4.78, 5) is 0. The molecule has 1 fully saturated rings. The molecule has 0 nitrogen and oxygen atoms in total. The van der Waals surface area contributed by atoms with Crippen LogP contribution < -0.4 is 0 Å². The number of hydrogen-bond donors (Lipinski definition) is 0. The van der Waals surface area contributed by atoms with Gasteiger partial charge in [0.2, 0.25) is 0 Å². The molecule has 0 saturated heterocycles. The lowest BCUT2D eigenvalue weighted by atomic mass is 9.52. The quantitative estimate of drug-likeness (QED) is 0.584. The third kappa shape index (κ3) is 2.02. The van der Waals surface area contributed by atoms with Crippen molar-refractivity contribution in [2.24, 2.45) is 10.8 Å². The molecule has 0 heterocycles. The lowest BCUT2D eigenvalue weighted by molar-refractivity contribution is -0.0259. The van der Waals surface area contributed by atoms with Crippen LogP contribution in [0.3, 0.4) is 0 Å². The van der Waals surface area contributed by atoms with E-state index >= 15 is 0 Å². The van der Waals surface area contributed by atoms with E-state index in [0.29, 0.717) is 10.8 Å². The third-order valence-electron chi connectivity index (χ3n) is 3.41. The van der Waals surface area contributed by atoms with Crippen LogP contribution in [-0.2, 0) is 0 Å². The zero-order valence-corrected chi connectivity index (χ0v) is 9.24. The summed E-state index contributed by atoms with van der Waals surface area (Å²) in [5.41, 5.74) is 1.41. The van der Waals surface area contributed by atoms with E-state index in [1.165, 1.54) is 38.5 Å². The van der Waals surface area contributed by atoms with Gasteiger partial charge in [-0.3, -0.25) is 0 Å². The Morgan fingerprint density at radius 3 is 1.42 bits per heavy atom. The predicted molar refractivity (Wildman–Crippen MR) is 55.3 cm³/mol. The Balaban J connectivity index is 2.34. The minimum atomic E-state index is 0.707. The molecule has 0 amide bonds. The van der Waals surface area contributed by atoms with Gasteiger partial charge in [-0.2, -0.15) is 0 Å². The number of hydrogen-bond acceptors (Lipinski definition) is 0. The molecule has 1 saturated carbocycles. The molecule has 12 heavy (non-hydrogen) atoms. The third-order valence-corrected chi connectivity index (χ3v) is 3.41. The van der Waals surface area contributed by atoms with Crippen LogP contribution in [0.5, 0.6) is 0 Å². The van der Waals surface area contributed by atoms with E-state index < -0.39 is 0 Å². The molecule has 0 spiro atoms. The largest absolute Gasteiger partial charge is 0.0654 e. The van der Waals surface area contributed by atoms with Crippen LogP contribution in [0.4, 0.5) is 0 Å². The van der Waals surface area contributed by atoms with Gasteiger partial charge in [-0.15, -0.1) is 0 Å². The Hall–Kier alpha value is 0. The molecular weight excluding hydrogens is 144 g/mol. The summed E-state index contributed by atoms with van der Waals surface area (Å²) in [6.07, 6.45) is 8.54. The van der Waals surface area contributed by atoms with Crippen molar-refractivity contribution in [2.75, 3.05) is 0 Å². The average molecular weight is 168 g/mol. The highest BCUT2D eigenvalue weighted by atomic mass is 14.5. The highest BCUT2D eigenvalue weighted by Crippen LogP contribution is 2.58. The summed E-state index contributed by atoms with van der Waals surface area (Å²) in [6, 6.07) is 0. The summed E-state index contributed by atoms with van der Waals surface area (Å²) >= 11 is 0. The van der Waals surface area contributed by atoms with E-state index in [4.69, 9.17) is 0 Å². The molecule has 0 aromatic carbocycles. The first-order valence-corrected chi connectivity index (χ1v) is 5.54. The Morgan fingerprint density at radius 2 is 1.17 bits per heavy atom. The Labute approximate surface area is 77.7 Å². The van der Waals surface area contributed by atoms with E-state index in [1.807, 2.05) is 0 Å². The normalized spacial score (nSPS) is 41.0. The molecule has 0 heteroatoms. The zero-order valence-electron chi connectivity index (χ0n) is 9.24. The second-order valence-corrected chi connectivity index (χ2v) is 5.47. The fraction of sp³-hybridized carbons (Fsp3) is 1.00. The van der Waals surface area contributed by atoms with Crippen LogP contribution >= 0.6 is 0 Å². The lowest BCUT2D eigenvalue weighted by Gasteiger charge is -2.54. The van der Waals surface area contributed by atoms with Gasteiger partial charge >= 0.3 is 0 Å². The van der Waals surface area contributed by atoms with Gasteiger partial charge in [0.1, 0.15) is 0 Å². The van der Waals surface area contributed by atoms with Gasteiger partial charge in [0, 0.05) is 0 Å². The van der Waals surface area contributed by atoms with Crippen LogP contribution in [0.2, 0.25) is 0 Å². The molecular formula is C12H24. The van der Waals surface area contributed by atoms with Crippen LogP contribution in [0.25, 0.3) is 0 Å². The fourth-order valence-electron chi connectivity index (χ4n) is 3.57. The van der Waals surface area contributed by atoms with Crippen molar-refractivity contribution in [3.05, 3.63) is 0 Å². The molecule has 1 aliphatic rings. The van der Waals surface area contributed by atoms with Crippen LogP contribution in [0.15, 0.2) is 0 Å². The van der Waals surface area contributed by atoms with Crippen molar-refractivity contribution in [1.29, 1.82) is 0 Å². The molecule has 0 aliphatic heterocycles. The average Bonchev–Trinajstić information content (AvgIpc) is 1.84. The van der Waals surface area contributed by atoms with Crippen molar-refractivity contribution in [2.45, 2.75) is 66.2 Å². The van der Waals surface area contributed by atoms with Crippen molar-refractivity contribution in [1.82, 2.24) is 0 Å². The van der Waals surface area contributed by atoms with Crippen molar-refractivity contribution < 1.29 is 0 Å². The van der Waals surface area contributed by atoms with E-state index in [2.05, 4.69) is 27.7 Å². The summed E-state index contributed by atoms with van der Waals surface area (Å²) < 4.78 is 0. The standard InChI is InChI=1S/C12H24/c1-5-7-11(3)9-12(4,10-11)8-6-2/h5-10H2,1-4H3. The van der Waals surface area contributed by atoms with Gasteiger partial charge in [0.05, 0.1) is 0 Å². The second-order valence-electron chi connectivity index (χ2n) is 5.47. The monoisotopic (exact) mass is 168 g/mol. The molecule has 1 rings (SSSR count). The van der Waals surface area contributed by atoms with Crippen LogP contribution in [-0.4, -0.2) is 0 Å². The maximum absolute atomic E-state index is 2.47. The molecule has 0 N–H and O–H groups in total. The SMILES string of the molecule is CCCC1(C)CC(C)(CCC)C1. The maximum Gasteiger partial charge on any atom is -0.0316 e. The maximum atomic E-state index is 2.47. The highest BCUT2D eigenvalue weighted by molar-refractivity contribution is 4.97. The first kappa shape index (κ1) is 10.1. The highest BCUT2D eigenvalue weighted by Gasteiger charge is 2.46. The molecule has 0 aromatic heterocycles. The van der Waals surface area contributed by atoms with Crippen LogP contribution in [0, 0.1) is 10.8 Å². The topological polar surface area (TPSA) is 0 Å². The van der Waals surface area contributed by atoms with E-state index in [9.17, 15) is 0 Å². The lowest BCUT2D eigenvalue weighted by Crippen LogP contribution is -2.42. The minimum absolute atomic E-state index is 0.707. The first-order valence-electron chi connectivity index (χ1n) is 5.54. The van der Waals surface area contributed by atoms with Crippen molar-refractivity contribution in [3.63, 3.8) is 0 Å². The molecule has 1 aliphatic carbocycles. The Morgan fingerprint density at radius 1 is 0.833 bits per heavy atom. The Bertz CT molecular complexity index is 124. The van der Waals surface area contributed by atoms with E-state index in [-0.39, 0.29) is 0 Å². The zero-order chi connectivity index (χ0) is 9.24. The van der Waals surface area contributed by atoms with Gasteiger partial charge in [-0.1, -0.05) is 40.5 Å². The molecule has 0 bridgehead atoms. The summed E-state index contributed by atoms with van der Waals surface area (Å²) in [5, 5.41) is 0.